The third kappa shape index (κ3) is 4.33. The standard InChI is InChI=1S/C20H22N4O4/c1-12-4-3-7-24(11-12)19(26)14-5-6-15(13(2)8-14)23-18(25)16-9-22-17(10-21-16)20(27)28/h5-6,8-10,12H,3-4,7,11H2,1-2H3,(H,23,25)(H,27,28). The molecule has 3 rings (SSSR count). The number of aryl methyl sites for hydroxylation is 1. The van der Waals surface area contributed by atoms with E-state index in [2.05, 4.69) is 22.2 Å². The number of hydrogen-bond donors (Lipinski definition) is 2. The zero-order valence-electron chi connectivity index (χ0n) is 15.8. The zero-order valence-corrected chi connectivity index (χ0v) is 15.8. The summed E-state index contributed by atoms with van der Waals surface area (Å²) in [4.78, 5) is 45.2. The molecule has 2 aromatic rings. The Balaban J connectivity index is 1.70. The number of likely N-dealkylation sites (tertiary alicyclic amines) is 1. The molecule has 1 aliphatic rings. The van der Waals surface area contributed by atoms with Crippen molar-refractivity contribution in [2.45, 2.75) is 26.7 Å². The van der Waals surface area contributed by atoms with E-state index >= 15 is 0 Å². The predicted molar refractivity (Wildman–Crippen MR) is 102 cm³/mol. The fraction of sp³-hybridized carbons (Fsp3) is 0.350. The van der Waals surface area contributed by atoms with E-state index in [9.17, 15) is 14.4 Å². The summed E-state index contributed by atoms with van der Waals surface area (Å²) in [6, 6.07) is 5.15. The van der Waals surface area contributed by atoms with Gasteiger partial charge in [-0.25, -0.2) is 14.8 Å². The van der Waals surface area contributed by atoms with Gasteiger partial charge in [-0.1, -0.05) is 6.92 Å². The van der Waals surface area contributed by atoms with E-state index in [1.807, 2.05) is 11.8 Å². The van der Waals surface area contributed by atoms with Crippen LogP contribution in [0, 0.1) is 12.8 Å². The van der Waals surface area contributed by atoms with Crippen LogP contribution >= 0.6 is 0 Å². The number of amides is 2. The molecule has 0 saturated carbocycles. The average molecular weight is 382 g/mol. The van der Waals surface area contributed by atoms with Gasteiger partial charge in [0.25, 0.3) is 11.8 Å². The minimum atomic E-state index is -1.21. The molecule has 1 aliphatic heterocycles. The molecule has 0 radical (unpaired) electrons. The highest BCUT2D eigenvalue weighted by Crippen LogP contribution is 2.21. The van der Waals surface area contributed by atoms with Gasteiger partial charge < -0.3 is 15.3 Å². The van der Waals surface area contributed by atoms with Crippen LogP contribution in [-0.4, -0.2) is 50.8 Å². The SMILES string of the molecule is Cc1cc(C(=O)N2CCCC(C)C2)ccc1NC(=O)c1cnc(C(=O)O)cn1. The fourth-order valence-electron chi connectivity index (χ4n) is 3.24. The summed E-state index contributed by atoms with van der Waals surface area (Å²) in [5.74, 6) is -1.20. The van der Waals surface area contributed by atoms with Crippen molar-refractivity contribution in [3.63, 3.8) is 0 Å². The Morgan fingerprint density at radius 2 is 1.89 bits per heavy atom. The van der Waals surface area contributed by atoms with Crippen LogP contribution in [0.3, 0.4) is 0 Å². The van der Waals surface area contributed by atoms with Crippen molar-refractivity contribution in [1.29, 1.82) is 0 Å². The van der Waals surface area contributed by atoms with Gasteiger partial charge in [-0.2, -0.15) is 0 Å². The van der Waals surface area contributed by atoms with Crippen molar-refractivity contribution >= 4 is 23.5 Å². The first-order chi connectivity index (χ1) is 13.3. The molecule has 8 nitrogen and oxygen atoms in total. The second-order valence-electron chi connectivity index (χ2n) is 7.07. The maximum atomic E-state index is 12.7. The first kappa shape index (κ1) is 19.5. The van der Waals surface area contributed by atoms with Crippen LogP contribution in [0.15, 0.2) is 30.6 Å². The lowest BCUT2D eigenvalue weighted by Gasteiger charge is -2.31. The molecule has 2 heterocycles. The molecule has 146 valence electrons. The van der Waals surface area contributed by atoms with Crippen molar-refractivity contribution in [2.24, 2.45) is 5.92 Å². The van der Waals surface area contributed by atoms with Crippen molar-refractivity contribution in [3.8, 4) is 0 Å². The van der Waals surface area contributed by atoms with Crippen molar-refractivity contribution in [3.05, 3.63) is 53.1 Å². The van der Waals surface area contributed by atoms with E-state index in [0.29, 0.717) is 17.2 Å². The van der Waals surface area contributed by atoms with E-state index in [0.717, 1.165) is 43.9 Å². The quantitative estimate of drug-likeness (QED) is 0.840. The van der Waals surface area contributed by atoms with Crippen LogP contribution < -0.4 is 5.32 Å². The molecule has 1 aromatic carbocycles. The Morgan fingerprint density at radius 3 is 2.50 bits per heavy atom. The molecule has 1 fully saturated rings. The highest BCUT2D eigenvalue weighted by Gasteiger charge is 2.22. The largest absolute Gasteiger partial charge is 0.476 e. The molecular formula is C20H22N4O4. The smallest absolute Gasteiger partial charge is 0.356 e. The van der Waals surface area contributed by atoms with E-state index in [4.69, 9.17) is 5.11 Å². The number of carbonyl (C=O) groups excluding carboxylic acids is 2. The third-order valence-electron chi connectivity index (χ3n) is 4.77. The first-order valence-electron chi connectivity index (χ1n) is 9.11. The number of carboxylic acid groups (broad SMARTS) is 1. The van der Waals surface area contributed by atoms with Gasteiger partial charge in [0, 0.05) is 24.3 Å². The maximum Gasteiger partial charge on any atom is 0.356 e. The lowest BCUT2D eigenvalue weighted by atomic mass is 9.99. The van der Waals surface area contributed by atoms with Crippen LogP contribution in [0.5, 0.6) is 0 Å². The third-order valence-corrected chi connectivity index (χ3v) is 4.77. The molecular weight excluding hydrogens is 360 g/mol. The summed E-state index contributed by atoms with van der Waals surface area (Å²) in [5.41, 5.74) is 1.67. The van der Waals surface area contributed by atoms with E-state index in [1.165, 1.54) is 0 Å². The van der Waals surface area contributed by atoms with Gasteiger partial charge in [0.05, 0.1) is 12.4 Å². The van der Waals surface area contributed by atoms with Crippen molar-refractivity contribution in [1.82, 2.24) is 14.9 Å². The molecule has 0 bridgehead atoms. The molecule has 8 heteroatoms. The molecule has 1 unspecified atom stereocenters. The minimum absolute atomic E-state index is 0.00246. The number of nitrogens with zero attached hydrogens (tertiary/aromatic N) is 3. The van der Waals surface area contributed by atoms with Gasteiger partial charge in [-0.05, 0) is 49.4 Å². The fourth-order valence-corrected chi connectivity index (χ4v) is 3.24. The summed E-state index contributed by atoms with van der Waals surface area (Å²) < 4.78 is 0. The Bertz CT molecular complexity index is 911. The Hall–Kier alpha value is -3.29. The number of carboxylic acids is 1. The minimum Gasteiger partial charge on any atom is -0.476 e. The molecule has 1 aromatic heterocycles. The summed E-state index contributed by atoms with van der Waals surface area (Å²) >= 11 is 0. The summed E-state index contributed by atoms with van der Waals surface area (Å²) in [7, 11) is 0. The number of piperidine rings is 1. The molecule has 0 spiro atoms. The number of carbonyl (C=O) groups is 3. The lowest BCUT2D eigenvalue weighted by molar-refractivity contribution is 0.0677. The Kier molecular flexibility index (Phi) is 5.67. The first-order valence-corrected chi connectivity index (χ1v) is 9.11. The molecule has 2 amide bonds. The van der Waals surface area contributed by atoms with Crippen molar-refractivity contribution in [2.75, 3.05) is 18.4 Å². The van der Waals surface area contributed by atoms with Crippen LogP contribution in [-0.2, 0) is 0 Å². The molecule has 1 atom stereocenters. The Morgan fingerprint density at radius 1 is 1.18 bits per heavy atom. The number of nitrogens with one attached hydrogen (secondary N) is 1. The highest BCUT2D eigenvalue weighted by molar-refractivity contribution is 6.03. The van der Waals surface area contributed by atoms with Crippen LogP contribution in [0.4, 0.5) is 5.69 Å². The van der Waals surface area contributed by atoms with Gasteiger partial charge in [-0.3, -0.25) is 9.59 Å². The second kappa shape index (κ2) is 8.16. The topological polar surface area (TPSA) is 112 Å². The normalized spacial score (nSPS) is 16.5. The van der Waals surface area contributed by atoms with E-state index < -0.39 is 11.9 Å². The predicted octanol–water partition coefficient (Wildman–Crippen LogP) is 2.61. The number of rotatable bonds is 4. The van der Waals surface area contributed by atoms with E-state index in [1.54, 1.807) is 18.2 Å². The maximum absolute atomic E-state index is 12.7. The number of aromatic nitrogens is 2. The number of benzene rings is 1. The van der Waals surface area contributed by atoms with Crippen LogP contribution in [0.25, 0.3) is 0 Å². The lowest BCUT2D eigenvalue weighted by Crippen LogP contribution is -2.39. The van der Waals surface area contributed by atoms with Crippen LogP contribution in [0.1, 0.15) is 56.7 Å². The van der Waals surface area contributed by atoms with Crippen LogP contribution in [0.2, 0.25) is 0 Å². The van der Waals surface area contributed by atoms with Gasteiger partial charge in [0.15, 0.2) is 5.69 Å². The second-order valence-corrected chi connectivity index (χ2v) is 7.07. The van der Waals surface area contributed by atoms with Gasteiger partial charge >= 0.3 is 5.97 Å². The summed E-state index contributed by atoms with van der Waals surface area (Å²) in [6.45, 7) is 5.49. The van der Waals surface area contributed by atoms with Gasteiger partial charge in [0.2, 0.25) is 0 Å². The number of aromatic carboxylic acids is 1. The number of hydrogen-bond acceptors (Lipinski definition) is 5. The van der Waals surface area contributed by atoms with E-state index in [-0.39, 0.29) is 17.3 Å². The van der Waals surface area contributed by atoms with Gasteiger partial charge in [-0.15, -0.1) is 0 Å². The number of anilines is 1. The molecule has 2 N–H and O–H groups in total. The zero-order chi connectivity index (χ0) is 20.3. The monoisotopic (exact) mass is 382 g/mol. The summed E-state index contributed by atoms with van der Waals surface area (Å²) in [5, 5.41) is 11.5. The molecule has 28 heavy (non-hydrogen) atoms. The average Bonchev–Trinajstić information content (AvgIpc) is 2.69. The van der Waals surface area contributed by atoms with Gasteiger partial charge in [0.1, 0.15) is 5.69 Å². The Labute approximate surface area is 162 Å². The highest BCUT2D eigenvalue weighted by atomic mass is 16.4. The molecule has 1 saturated heterocycles. The molecule has 0 aliphatic carbocycles. The van der Waals surface area contributed by atoms with Crippen molar-refractivity contribution < 1.29 is 19.5 Å². The summed E-state index contributed by atoms with van der Waals surface area (Å²) in [6.07, 6.45) is 4.31.